The van der Waals surface area contributed by atoms with E-state index in [0.29, 0.717) is 47.3 Å². The summed E-state index contributed by atoms with van der Waals surface area (Å²) >= 11 is 0. The van der Waals surface area contributed by atoms with Crippen LogP contribution in [0, 0.1) is 28.1 Å². The average Bonchev–Trinajstić information content (AvgIpc) is 3.73. The van der Waals surface area contributed by atoms with Gasteiger partial charge in [-0.3, -0.25) is 34.3 Å². The van der Waals surface area contributed by atoms with Crippen LogP contribution in [-0.4, -0.2) is 101 Å². The predicted molar refractivity (Wildman–Crippen MR) is 240 cm³/mol. The van der Waals surface area contributed by atoms with E-state index in [0.717, 1.165) is 86.1 Å². The van der Waals surface area contributed by atoms with Gasteiger partial charge in [0.1, 0.15) is 17.9 Å². The number of aromatic nitrogens is 3. The average molecular weight is 854 g/mol. The summed E-state index contributed by atoms with van der Waals surface area (Å²) in [5.41, 5.74) is 4.06. The second-order valence-corrected chi connectivity index (χ2v) is 18.3. The van der Waals surface area contributed by atoms with Gasteiger partial charge in [0.2, 0.25) is 5.91 Å². The second kappa shape index (κ2) is 17.7. The van der Waals surface area contributed by atoms with Crippen LogP contribution in [-0.2, 0) is 9.59 Å². The molecule has 1 aliphatic carbocycles. The van der Waals surface area contributed by atoms with Crippen LogP contribution in [0.3, 0.4) is 0 Å². The van der Waals surface area contributed by atoms with Gasteiger partial charge in [-0.2, -0.15) is 10.4 Å². The first-order valence-electron chi connectivity index (χ1n) is 21.8. The van der Waals surface area contributed by atoms with E-state index in [1.54, 1.807) is 17.2 Å². The molecule has 0 radical (unpaired) electrons. The number of carbonyl (C=O) groups is 4. The van der Waals surface area contributed by atoms with Crippen LogP contribution in [0.5, 0.6) is 5.75 Å². The number of carboxylic acid groups (broad SMARTS) is 1. The Bertz CT molecular complexity index is 2530. The molecule has 3 aromatic carbocycles. The molecule has 63 heavy (non-hydrogen) atoms. The van der Waals surface area contributed by atoms with Crippen molar-refractivity contribution < 1.29 is 29.0 Å². The molecule has 3 aliphatic heterocycles. The summed E-state index contributed by atoms with van der Waals surface area (Å²) in [5.74, 6) is 1.02. The molecule has 4 fully saturated rings. The molecule has 3 N–H and O–H groups in total. The van der Waals surface area contributed by atoms with E-state index in [4.69, 9.17) is 19.7 Å². The highest BCUT2D eigenvalue weighted by molar-refractivity contribution is 6.09. The van der Waals surface area contributed by atoms with Gasteiger partial charge in [0.05, 0.1) is 34.5 Å². The van der Waals surface area contributed by atoms with Gasteiger partial charge in [0.15, 0.2) is 0 Å². The molecule has 5 heterocycles. The van der Waals surface area contributed by atoms with Crippen molar-refractivity contribution in [2.24, 2.45) is 16.7 Å². The maximum absolute atomic E-state index is 13.7. The maximum atomic E-state index is 13.7. The fraction of sp³-hybridized carbons (Fsp3) is 0.438. The van der Waals surface area contributed by atoms with Crippen LogP contribution in [0.2, 0.25) is 0 Å². The lowest BCUT2D eigenvalue weighted by atomic mass is 9.49. The minimum absolute atomic E-state index is 0.0858. The number of carbonyl (C=O) groups excluding carboxylic acids is 3. The highest BCUT2D eigenvalue weighted by atomic mass is 16.5. The molecule has 5 aromatic rings. The Hall–Kier alpha value is -6.53. The van der Waals surface area contributed by atoms with E-state index >= 15 is 0 Å². The van der Waals surface area contributed by atoms with Crippen molar-refractivity contribution in [2.45, 2.75) is 78.0 Å². The Balaban J connectivity index is 0.00000177. The number of ether oxygens (including phenoxy) is 1. The molecule has 0 atom stereocenters. The number of hydrogen-bond acceptors (Lipinski definition) is 10. The third-order valence-corrected chi connectivity index (χ3v) is 13.7. The first kappa shape index (κ1) is 43.1. The van der Waals surface area contributed by atoms with E-state index in [2.05, 4.69) is 82.1 Å². The Labute approximate surface area is 367 Å². The maximum Gasteiger partial charge on any atom is 0.328 e. The number of anilines is 2. The van der Waals surface area contributed by atoms with Gasteiger partial charge in [0, 0.05) is 90.8 Å². The number of piperidine rings is 2. The van der Waals surface area contributed by atoms with E-state index in [9.17, 15) is 19.6 Å². The number of imide groups is 1. The zero-order valence-electron chi connectivity index (χ0n) is 36.3. The van der Waals surface area contributed by atoms with Crippen molar-refractivity contribution in [3.63, 3.8) is 0 Å². The number of hydrogen-bond donors (Lipinski definition) is 3. The predicted octanol–water partition coefficient (Wildman–Crippen LogP) is 6.77. The van der Waals surface area contributed by atoms with E-state index < -0.39 is 0 Å². The molecule has 9 rings (SSSR count). The van der Waals surface area contributed by atoms with Crippen molar-refractivity contribution in [1.82, 2.24) is 30.3 Å². The number of pyridine rings is 1. The van der Waals surface area contributed by atoms with Crippen LogP contribution in [0.15, 0.2) is 79.1 Å². The molecule has 1 saturated carbocycles. The molecular weight excluding hydrogens is 799 g/mol. The number of fused-ring (bicyclic) bond motifs is 2. The molecule has 4 aliphatic rings. The van der Waals surface area contributed by atoms with Gasteiger partial charge >= 0.3 is 6.03 Å². The number of rotatable bonds is 9. The molecule has 0 bridgehead atoms. The molecule has 4 amide bonds. The number of amides is 4. The number of nitriles is 1. The van der Waals surface area contributed by atoms with Gasteiger partial charge in [-0.15, -0.1) is 0 Å². The number of nitrogens with one attached hydrogen (secondary N) is 2. The fourth-order valence-electron chi connectivity index (χ4n) is 10.8. The summed E-state index contributed by atoms with van der Waals surface area (Å²) in [6.07, 6.45) is 7.98. The smallest absolute Gasteiger partial charge is 0.328 e. The van der Waals surface area contributed by atoms with E-state index in [-0.39, 0.29) is 47.3 Å². The summed E-state index contributed by atoms with van der Waals surface area (Å²) in [4.78, 5) is 57.4. The highest BCUT2D eigenvalue weighted by Crippen LogP contribution is 2.56. The minimum atomic E-state index is -0.377. The Morgan fingerprint density at radius 3 is 2.33 bits per heavy atom. The topological polar surface area (TPSA) is 186 Å². The number of likely N-dealkylation sites (tertiary alicyclic amines) is 1. The molecule has 0 unspecified atom stereocenters. The fourth-order valence-corrected chi connectivity index (χ4v) is 10.8. The minimum Gasteiger partial charge on any atom is -0.488 e. The highest BCUT2D eigenvalue weighted by Gasteiger charge is 2.64. The lowest BCUT2D eigenvalue weighted by Gasteiger charge is -2.63. The monoisotopic (exact) mass is 853 g/mol. The molecule has 3 saturated heterocycles. The molecule has 15 heteroatoms. The Morgan fingerprint density at radius 1 is 0.937 bits per heavy atom. The third-order valence-electron chi connectivity index (χ3n) is 13.7. The molecular formula is C48H55N9O6. The van der Waals surface area contributed by atoms with Crippen LogP contribution < -0.4 is 25.2 Å². The molecule has 15 nitrogen and oxygen atoms in total. The van der Waals surface area contributed by atoms with Crippen molar-refractivity contribution in [2.75, 3.05) is 49.1 Å². The standard InChI is InChI=1S/C47H53N9O4.CH2O2/c1-46(2)43(47(3,4)44(46)60-39-15-12-32(27-48)41-35(39)7-6-21-49-41)52-42(58)31-10-13-33(14-11-31)54-24-16-30(17-25-54)29-53-22-18-34(19-23-53)56-38-9-5-8-37(36(38)28-50-56)55-26-20-40(57)51-45(55)59;2-1-3/h5-15,21,28,30,34,43-44H,16-20,22-26,29H2,1-4H3,(H,52,58)(H,51,57,59);1H,(H,2,3). The summed E-state index contributed by atoms with van der Waals surface area (Å²) in [7, 11) is 0. The second-order valence-electron chi connectivity index (χ2n) is 18.3. The van der Waals surface area contributed by atoms with Gasteiger partial charge in [-0.05, 0) is 92.3 Å². The van der Waals surface area contributed by atoms with Crippen LogP contribution in [0.4, 0.5) is 16.2 Å². The first-order valence-corrected chi connectivity index (χ1v) is 21.8. The lowest BCUT2D eigenvalue weighted by molar-refractivity contribution is -0.163. The van der Waals surface area contributed by atoms with Crippen LogP contribution >= 0.6 is 0 Å². The summed E-state index contributed by atoms with van der Waals surface area (Å²) in [6, 6.07) is 23.4. The molecule has 328 valence electrons. The normalized spacial score (nSPS) is 21.4. The number of nitrogens with zero attached hydrogens (tertiary/aromatic N) is 7. The van der Waals surface area contributed by atoms with Gasteiger partial charge in [-0.1, -0.05) is 33.8 Å². The number of urea groups is 1. The summed E-state index contributed by atoms with van der Waals surface area (Å²) in [6.45, 7) is 13.8. The Morgan fingerprint density at radius 2 is 1.65 bits per heavy atom. The van der Waals surface area contributed by atoms with Gasteiger partial charge in [0.25, 0.3) is 12.4 Å². The molecule has 2 aromatic heterocycles. The van der Waals surface area contributed by atoms with Gasteiger partial charge in [-0.25, -0.2) is 4.79 Å². The van der Waals surface area contributed by atoms with Crippen molar-refractivity contribution >= 4 is 57.5 Å². The Kier molecular flexibility index (Phi) is 12.1. The SMILES string of the molecule is CC1(C)C(NC(=O)c2ccc(N3CCC(CN4CCC(n5ncc6c(N7CCC(=O)NC7=O)cccc65)CC4)CC3)cc2)C(C)(C)C1Oc1ccc(C#N)c2ncccc12.O=CO. The largest absolute Gasteiger partial charge is 0.488 e. The first-order chi connectivity index (χ1) is 30.3. The van der Waals surface area contributed by atoms with Crippen molar-refractivity contribution in [1.29, 1.82) is 5.26 Å². The van der Waals surface area contributed by atoms with Crippen molar-refractivity contribution in [3.05, 3.63) is 90.3 Å². The number of benzene rings is 3. The van der Waals surface area contributed by atoms with Crippen molar-refractivity contribution in [3.8, 4) is 11.8 Å². The van der Waals surface area contributed by atoms with Crippen LogP contribution in [0.25, 0.3) is 21.8 Å². The lowest BCUT2D eigenvalue weighted by Crippen LogP contribution is -2.74. The zero-order chi connectivity index (χ0) is 44.5. The van der Waals surface area contributed by atoms with E-state index in [1.807, 2.05) is 48.7 Å². The molecule has 0 spiro atoms. The zero-order valence-corrected chi connectivity index (χ0v) is 36.3. The van der Waals surface area contributed by atoms with Gasteiger partial charge < -0.3 is 25.0 Å². The van der Waals surface area contributed by atoms with Crippen LogP contribution in [0.1, 0.15) is 81.8 Å². The quantitative estimate of drug-likeness (QED) is 0.133. The summed E-state index contributed by atoms with van der Waals surface area (Å²) in [5, 5.41) is 28.8. The third kappa shape index (κ3) is 8.39. The summed E-state index contributed by atoms with van der Waals surface area (Å²) < 4.78 is 8.80. The van der Waals surface area contributed by atoms with E-state index in [1.165, 1.54) is 0 Å².